The van der Waals surface area contributed by atoms with Crippen LogP contribution in [0.5, 0.6) is 0 Å². The molecule has 0 aromatic heterocycles. The number of likely N-dealkylation sites (N-methyl/N-ethyl adjacent to an activating group) is 1. The van der Waals surface area contributed by atoms with Gasteiger partial charge in [-0.15, -0.1) is 0 Å². The SMILES string of the molecule is CNCC(C)NCc1cccc(F)c1F. The molecule has 84 valence electrons. The quantitative estimate of drug-likeness (QED) is 0.779. The monoisotopic (exact) mass is 214 g/mol. The summed E-state index contributed by atoms with van der Waals surface area (Å²) in [5.41, 5.74) is 0.359. The van der Waals surface area contributed by atoms with E-state index >= 15 is 0 Å². The fourth-order valence-electron chi connectivity index (χ4n) is 1.35. The van der Waals surface area contributed by atoms with E-state index < -0.39 is 11.6 Å². The summed E-state index contributed by atoms with van der Waals surface area (Å²) in [5.74, 6) is -1.56. The first-order valence-electron chi connectivity index (χ1n) is 4.96. The van der Waals surface area contributed by atoms with Gasteiger partial charge in [0.25, 0.3) is 0 Å². The van der Waals surface area contributed by atoms with E-state index in [0.29, 0.717) is 12.1 Å². The topological polar surface area (TPSA) is 24.1 Å². The number of hydrogen-bond acceptors (Lipinski definition) is 2. The molecule has 15 heavy (non-hydrogen) atoms. The molecule has 0 aliphatic heterocycles. The normalized spacial score (nSPS) is 12.8. The second kappa shape index (κ2) is 5.78. The molecule has 1 aromatic carbocycles. The molecule has 0 fully saturated rings. The van der Waals surface area contributed by atoms with Gasteiger partial charge in [-0.05, 0) is 20.0 Å². The van der Waals surface area contributed by atoms with Crippen LogP contribution >= 0.6 is 0 Å². The Morgan fingerprint density at radius 2 is 2.07 bits per heavy atom. The average molecular weight is 214 g/mol. The number of benzene rings is 1. The van der Waals surface area contributed by atoms with Crippen molar-refractivity contribution in [3.63, 3.8) is 0 Å². The summed E-state index contributed by atoms with van der Waals surface area (Å²) in [6.07, 6.45) is 0. The zero-order chi connectivity index (χ0) is 11.3. The second-order valence-corrected chi connectivity index (χ2v) is 3.55. The van der Waals surface area contributed by atoms with Gasteiger partial charge in [0.1, 0.15) is 0 Å². The predicted molar refractivity (Wildman–Crippen MR) is 56.6 cm³/mol. The Bertz CT molecular complexity index is 315. The van der Waals surface area contributed by atoms with Crippen LogP contribution in [0.2, 0.25) is 0 Å². The van der Waals surface area contributed by atoms with Crippen LogP contribution in [0.15, 0.2) is 18.2 Å². The summed E-state index contributed by atoms with van der Waals surface area (Å²) >= 11 is 0. The molecule has 2 nitrogen and oxygen atoms in total. The van der Waals surface area contributed by atoms with Gasteiger partial charge in [-0.2, -0.15) is 0 Å². The van der Waals surface area contributed by atoms with Gasteiger partial charge in [-0.1, -0.05) is 12.1 Å². The maximum absolute atomic E-state index is 13.2. The van der Waals surface area contributed by atoms with Crippen LogP contribution in [0.4, 0.5) is 8.78 Å². The van der Waals surface area contributed by atoms with E-state index in [1.807, 2.05) is 14.0 Å². The fraction of sp³-hybridized carbons (Fsp3) is 0.455. The molecule has 2 N–H and O–H groups in total. The molecular formula is C11H16F2N2. The largest absolute Gasteiger partial charge is 0.318 e. The molecule has 0 heterocycles. The van der Waals surface area contributed by atoms with Gasteiger partial charge in [0.05, 0.1) is 0 Å². The van der Waals surface area contributed by atoms with Gasteiger partial charge < -0.3 is 10.6 Å². The molecule has 0 amide bonds. The Balaban J connectivity index is 2.54. The van der Waals surface area contributed by atoms with E-state index in [2.05, 4.69) is 10.6 Å². The summed E-state index contributed by atoms with van der Waals surface area (Å²) in [5, 5.41) is 6.10. The van der Waals surface area contributed by atoms with Crippen LogP contribution in [-0.2, 0) is 6.54 Å². The van der Waals surface area contributed by atoms with Gasteiger partial charge in [-0.3, -0.25) is 0 Å². The van der Waals surface area contributed by atoms with Gasteiger partial charge in [0, 0.05) is 24.7 Å². The Morgan fingerprint density at radius 1 is 1.33 bits per heavy atom. The fourth-order valence-corrected chi connectivity index (χ4v) is 1.35. The summed E-state index contributed by atoms with van der Waals surface area (Å²) in [6, 6.07) is 4.43. The maximum Gasteiger partial charge on any atom is 0.163 e. The second-order valence-electron chi connectivity index (χ2n) is 3.55. The highest BCUT2D eigenvalue weighted by atomic mass is 19.2. The molecule has 1 aromatic rings. The molecule has 1 rings (SSSR count). The highest BCUT2D eigenvalue weighted by Crippen LogP contribution is 2.10. The first-order chi connectivity index (χ1) is 7.15. The number of halogens is 2. The third-order valence-electron chi connectivity index (χ3n) is 2.18. The summed E-state index contributed by atoms with van der Waals surface area (Å²) in [6.45, 7) is 3.11. The molecule has 4 heteroatoms. The van der Waals surface area contributed by atoms with E-state index in [4.69, 9.17) is 0 Å². The van der Waals surface area contributed by atoms with Gasteiger partial charge in [0.15, 0.2) is 11.6 Å². The lowest BCUT2D eigenvalue weighted by atomic mass is 10.2. The standard InChI is InChI=1S/C11H16F2N2/c1-8(6-14-2)15-7-9-4-3-5-10(12)11(9)13/h3-5,8,14-15H,6-7H2,1-2H3. The maximum atomic E-state index is 13.2. The van der Waals surface area contributed by atoms with E-state index in [-0.39, 0.29) is 6.04 Å². The van der Waals surface area contributed by atoms with Crippen LogP contribution in [0.3, 0.4) is 0 Å². The first-order valence-corrected chi connectivity index (χ1v) is 4.96. The zero-order valence-corrected chi connectivity index (χ0v) is 8.98. The lowest BCUT2D eigenvalue weighted by Gasteiger charge is -2.13. The molecule has 0 radical (unpaired) electrons. The van der Waals surface area contributed by atoms with Crippen molar-refractivity contribution in [3.05, 3.63) is 35.4 Å². The van der Waals surface area contributed by atoms with Crippen molar-refractivity contribution >= 4 is 0 Å². The van der Waals surface area contributed by atoms with E-state index in [0.717, 1.165) is 12.6 Å². The van der Waals surface area contributed by atoms with Crippen LogP contribution < -0.4 is 10.6 Å². The molecule has 1 unspecified atom stereocenters. The molecule has 0 bridgehead atoms. The number of nitrogens with one attached hydrogen (secondary N) is 2. The number of hydrogen-bond donors (Lipinski definition) is 2. The predicted octanol–water partition coefficient (Wildman–Crippen LogP) is 1.66. The lowest BCUT2D eigenvalue weighted by Crippen LogP contribution is -2.34. The van der Waals surface area contributed by atoms with Gasteiger partial charge in [-0.25, -0.2) is 8.78 Å². The first kappa shape index (κ1) is 12.1. The molecule has 0 aliphatic rings. The molecule has 0 saturated carbocycles. The van der Waals surface area contributed by atoms with Gasteiger partial charge in [0.2, 0.25) is 0 Å². The van der Waals surface area contributed by atoms with E-state index in [1.54, 1.807) is 6.07 Å². The highest BCUT2D eigenvalue weighted by Gasteiger charge is 2.08. The van der Waals surface area contributed by atoms with Crippen LogP contribution in [-0.4, -0.2) is 19.6 Å². The lowest BCUT2D eigenvalue weighted by molar-refractivity contribution is 0.476. The van der Waals surface area contributed by atoms with Crippen LogP contribution in [0.1, 0.15) is 12.5 Å². The highest BCUT2D eigenvalue weighted by molar-refractivity contribution is 5.18. The van der Waals surface area contributed by atoms with Crippen LogP contribution in [0, 0.1) is 11.6 Å². The van der Waals surface area contributed by atoms with Crippen molar-refractivity contribution in [2.24, 2.45) is 0 Å². The Hall–Kier alpha value is -1.00. The molecular weight excluding hydrogens is 198 g/mol. The molecule has 0 spiro atoms. The molecule has 0 aliphatic carbocycles. The Kier molecular flexibility index (Phi) is 4.65. The van der Waals surface area contributed by atoms with Crippen molar-refractivity contribution in [1.82, 2.24) is 10.6 Å². The molecule has 1 atom stereocenters. The minimum atomic E-state index is -0.796. The van der Waals surface area contributed by atoms with Crippen molar-refractivity contribution in [2.45, 2.75) is 19.5 Å². The third kappa shape index (κ3) is 3.57. The third-order valence-corrected chi connectivity index (χ3v) is 2.18. The van der Waals surface area contributed by atoms with Crippen molar-refractivity contribution in [1.29, 1.82) is 0 Å². The smallest absolute Gasteiger partial charge is 0.163 e. The summed E-state index contributed by atoms with van der Waals surface area (Å²) < 4.78 is 26.0. The molecule has 0 saturated heterocycles. The van der Waals surface area contributed by atoms with Crippen molar-refractivity contribution < 1.29 is 8.78 Å². The Labute approximate surface area is 88.7 Å². The summed E-state index contributed by atoms with van der Waals surface area (Å²) in [4.78, 5) is 0. The van der Waals surface area contributed by atoms with Crippen LogP contribution in [0.25, 0.3) is 0 Å². The number of rotatable bonds is 5. The summed E-state index contributed by atoms with van der Waals surface area (Å²) in [7, 11) is 1.85. The van der Waals surface area contributed by atoms with Gasteiger partial charge >= 0.3 is 0 Å². The van der Waals surface area contributed by atoms with E-state index in [9.17, 15) is 8.78 Å². The minimum absolute atomic E-state index is 0.220. The average Bonchev–Trinajstić information content (AvgIpc) is 2.21. The van der Waals surface area contributed by atoms with Crippen molar-refractivity contribution in [2.75, 3.05) is 13.6 Å². The Morgan fingerprint density at radius 3 is 2.73 bits per heavy atom. The van der Waals surface area contributed by atoms with Crippen molar-refractivity contribution in [3.8, 4) is 0 Å². The van der Waals surface area contributed by atoms with E-state index in [1.165, 1.54) is 6.07 Å². The zero-order valence-electron chi connectivity index (χ0n) is 8.98. The minimum Gasteiger partial charge on any atom is -0.318 e.